The van der Waals surface area contributed by atoms with Gasteiger partial charge < -0.3 is 19.7 Å². The number of alkyl halides is 3. The maximum absolute atomic E-state index is 12.6. The molecular formula is C17H28F3IN4O2S. The Labute approximate surface area is 184 Å². The molecule has 1 aromatic rings. The lowest BCUT2D eigenvalue weighted by Gasteiger charge is -2.21. The molecule has 28 heavy (non-hydrogen) atoms. The average molecular weight is 536 g/mol. The Morgan fingerprint density at radius 3 is 2.86 bits per heavy atom. The Hall–Kier alpha value is -0.660. The van der Waals surface area contributed by atoms with Gasteiger partial charge in [-0.25, -0.2) is 4.98 Å². The largest absolute Gasteiger partial charge is 0.434 e. The summed E-state index contributed by atoms with van der Waals surface area (Å²) in [6, 6.07) is 0. The van der Waals surface area contributed by atoms with Crippen LogP contribution in [0.15, 0.2) is 10.4 Å². The second-order valence-corrected chi connectivity index (χ2v) is 7.22. The zero-order valence-corrected chi connectivity index (χ0v) is 19.3. The lowest BCUT2D eigenvalue weighted by Crippen LogP contribution is -2.40. The lowest BCUT2D eigenvalue weighted by molar-refractivity contribution is -0.140. The highest BCUT2D eigenvalue weighted by Crippen LogP contribution is 2.30. The van der Waals surface area contributed by atoms with Crippen molar-refractivity contribution in [2.75, 3.05) is 53.1 Å². The summed E-state index contributed by atoms with van der Waals surface area (Å²) in [5, 5.41) is 4.76. The van der Waals surface area contributed by atoms with Gasteiger partial charge in [0.05, 0.1) is 24.8 Å². The first kappa shape index (κ1) is 25.4. The fourth-order valence-corrected chi connectivity index (χ4v) is 3.59. The van der Waals surface area contributed by atoms with Crippen molar-refractivity contribution in [2.45, 2.75) is 25.9 Å². The van der Waals surface area contributed by atoms with E-state index in [1.54, 1.807) is 7.11 Å². The van der Waals surface area contributed by atoms with Crippen LogP contribution in [0.2, 0.25) is 0 Å². The van der Waals surface area contributed by atoms with E-state index in [0.717, 1.165) is 48.7 Å². The number of methoxy groups -OCH3 is 1. The van der Waals surface area contributed by atoms with Gasteiger partial charge in [-0.2, -0.15) is 13.2 Å². The molecule has 0 bridgehead atoms. The van der Waals surface area contributed by atoms with Crippen LogP contribution < -0.4 is 5.32 Å². The number of nitrogens with one attached hydrogen (secondary N) is 1. The number of thiazole rings is 1. The summed E-state index contributed by atoms with van der Waals surface area (Å²) in [6.07, 6.45) is -2.96. The van der Waals surface area contributed by atoms with Gasteiger partial charge in [-0.15, -0.1) is 35.3 Å². The molecule has 1 atom stereocenters. The zero-order valence-electron chi connectivity index (χ0n) is 16.1. The molecule has 0 spiro atoms. The van der Waals surface area contributed by atoms with Crippen molar-refractivity contribution >= 4 is 41.3 Å². The average Bonchev–Trinajstić information content (AvgIpc) is 3.27. The molecule has 0 aliphatic carbocycles. The number of rotatable bonds is 9. The highest BCUT2D eigenvalue weighted by molar-refractivity contribution is 14.0. The van der Waals surface area contributed by atoms with E-state index in [1.165, 1.54) is 0 Å². The van der Waals surface area contributed by atoms with Crippen molar-refractivity contribution in [3.8, 4) is 0 Å². The van der Waals surface area contributed by atoms with Crippen LogP contribution in [0.3, 0.4) is 0 Å². The molecule has 2 rings (SSSR count). The first-order valence-corrected chi connectivity index (χ1v) is 9.93. The minimum Gasteiger partial charge on any atom is -0.382 e. The maximum Gasteiger partial charge on any atom is 0.434 e. The number of guanidine groups is 1. The minimum atomic E-state index is -4.39. The third-order valence-electron chi connectivity index (χ3n) is 4.14. The topological polar surface area (TPSA) is 59.0 Å². The molecule has 2 heterocycles. The van der Waals surface area contributed by atoms with E-state index in [1.807, 2.05) is 6.92 Å². The number of aromatic nitrogens is 1. The van der Waals surface area contributed by atoms with Gasteiger partial charge in [-0.05, 0) is 13.3 Å². The van der Waals surface area contributed by atoms with Crippen LogP contribution >= 0.6 is 35.3 Å². The predicted octanol–water partition coefficient (Wildman–Crippen LogP) is 3.27. The quantitative estimate of drug-likeness (QED) is 0.227. The Bertz CT molecular complexity index is 601. The number of likely N-dealkylation sites (tertiary alicyclic amines) is 1. The summed E-state index contributed by atoms with van der Waals surface area (Å²) in [6.45, 7) is 6.75. The summed E-state index contributed by atoms with van der Waals surface area (Å²) in [5.41, 5.74) is -0.825. The van der Waals surface area contributed by atoms with Crippen LogP contribution in [0, 0.1) is 5.92 Å². The number of aliphatic imine (C=N–C) groups is 1. The second kappa shape index (κ2) is 12.8. The number of hydrogen-bond donors (Lipinski definition) is 1. The predicted molar refractivity (Wildman–Crippen MR) is 115 cm³/mol. The second-order valence-electron chi connectivity index (χ2n) is 6.28. The normalized spacial score (nSPS) is 17.7. The molecule has 6 nitrogen and oxygen atoms in total. The number of hydrogen-bond acceptors (Lipinski definition) is 5. The van der Waals surface area contributed by atoms with Crippen LogP contribution in [0.1, 0.15) is 24.0 Å². The van der Waals surface area contributed by atoms with Crippen LogP contribution in [-0.4, -0.2) is 69.0 Å². The van der Waals surface area contributed by atoms with Gasteiger partial charge in [0.15, 0.2) is 11.7 Å². The van der Waals surface area contributed by atoms with Crippen LogP contribution in [0.5, 0.6) is 0 Å². The van der Waals surface area contributed by atoms with Crippen molar-refractivity contribution in [3.05, 3.63) is 16.1 Å². The Morgan fingerprint density at radius 1 is 1.43 bits per heavy atom. The molecule has 0 radical (unpaired) electrons. The van der Waals surface area contributed by atoms with Crippen molar-refractivity contribution < 1.29 is 22.6 Å². The Morgan fingerprint density at radius 2 is 2.21 bits per heavy atom. The van der Waals surface area contributed by atoms with Gasteiger partial charge in [0.2, 0.25) is 0 Å². The standard InChI is InChI=1S/C17H27F3N4O2S.HI/c1-3-21-16(24-7-5-13(10-24)11-26-9-8-25-2)22-6-4-15-23-14(12-27-15)17(18,19)20;/h12-13H,3-11H2,1-2H3,(H,21,22);1H. The summed E-state index contributed by atoms with van der Waals surface area (Å²) in [4.78, 5) is 10.4. The maximum atomic E-state index is 12.6. The molecule has 1 aromatic heterocycles. The third kappa shape index (κ3) is 8.37. The summed E-state index contributed by atoms with van der Waals surface area (Å²) < 4.78 is 48.4. The molecule has 0 aromatic carbocycles. The molecule has 0 amide bonds. The van der Waals surface area contributed by atoms with Gasteiger partial charge in [-0.3, -0.25) is 4.99 Å². The molecule has 11 heteroatoms. The van der Waals surface area contributed by atoms with Crippen molar-refractivity contribution in [3.63, 3.8) is 0 Å². The number of ether oxygens (including phenoxy) is 2. The Balaban J connectivity index is 0.00000392. The van der Waals surface area contributed by atoms with Crippen LogP contribution in [0.25, 0.3) is 0 Å². The van der Waals surface area contributed by atoms with Crippen molar-refractivity contribution in [2.24, 2.45) is 10.9 Å². The summed E-state index contributed by atoms with van der Waals surface area (Å²) in [5.74, 6) is 1.24. The minimum absolute atomic E-state index is 0. The van der Waals surface area contributed by atoms with E-state index in [9.17, 15) is 13.2 Å². The van der Waals surface area contributed by atoms with Gasteiger partial charge >= 0.3 is 6.18 Å². The molecule has 162 valence electrons. The SMILES string of the molecule is CCNC(=NCCc1nc(C(F)(F)F)cs1)N1CCC(COCCOC)C1.I. The molecule has 1 aliphatic heterocycles. The molecule has 0 saturated carbocycles. The van der Waals surface area contributed by atoms with E-state index in [2.05, 4.69) is 20.2 Å². The lowest BCUT2D eigenvalue weighted by atomic mass is 10.1. The highest BCUT2D eigenvalue weighted by Gasteiger charge is 2.33. The van der Waals surface area contributed by atoms with E-state index in [0.29, 0.717) is 43.7 Å². The smallest absolute Gasteiger partial charge is 0.382 e. The summed E-state index contributed by atoms with van der Waals surface area (Å²) >= 11 is 1.03. The summed E-state index contributed by atoms with van der Waals surface area (Å²) in [7, 11) is 1.65. The Kier molecular flexibility index (Phi) is 11.6. The van der Waals surface area contributed by atoms with Crippen molar-refractivity contribution in [1.82, 2.24) is 15.2 Å². The molecule has 1 aliphatic rings. The van der Waals surface area contributed by atoms with E-state index in [4.69, 9.17) is 9.47 Å². The molecular weight excluding hydrogens is 508 g/mol. The van der Waals surface area contributed by atoms with E-state index >= 15 is 0 Å². The van der Waals surface area contributed by atoms with Gasteiger partial charge in [0, 0.05) is 51.0 Å². The first-order chi connectivity index (χ1) is 12.9. The van der Waals surface area contributed by atoms with Crippen LogP contribution in [0.4, 0.5) is 13.2 Å². The van der Waals surface area contributed by atoms with Gasteiger partial charge in [0.1, 0.15) is 0 Å². The van der Waals surface area contributed by atoms with Crippen LogP contribution in [-0.2, 0) is 22.1 Å². The fourth-order valence-electron chi connectivity index (χ4n) is 2.79. The van der Waals surface area contributed by atoms with E-state index in [-0.39, 0.29) is 24.0 Å². The number of halogens is 4. The van der Waals surface area contributed by atoms with Gasteiger partial charge in [-0.1, -0.05) is 0 Å². The van der Waals surface area contributed by atoms with Gasteiger partial charge in [0.25, 0.3) is 0 Å². The number of nitrogens with zero attached hydrogens (tertiary/aromatic N) is 3. The zero-order chi connectivity index (χ0) is 19.7. The first-order valence-electron chi connectivity index (χ1n) is 9.05. The molecule has 1 unspecified atom stereocenters. The van der Waals surface area contributed by atoms with E-state index < -0.39 is 11.9 Å². The molecule has 1 fully saturated rings. The molecule has 1 N–H and O–H groups in total. The third-order valence-corrected chi connectivity index (χ3v) is 5.04. The molecule has 1 saturated heterocycles. The highest BCUT2D eigenvalue weighted by atomic mass is 127. The fraction of sp³-hybridized carbons (Fsp3) is 0.765. The monoisotopic (exact) mass is 536 g/mol. The van der Waals surface area contributed by atoms with Crippen molar-refractivity contribution in [1.29, 1.82) is 0 Å².